The first-order valence-electron chi connectivity index (χ1n) is 4.73. The van der Waals surface area contributed by atoms with Crippen LogP contribution in [0, 0.1) is 0 Å². The van der Waals surface area contributed by atoms with Crippen LogP contribution in [0.5, 0.6) is 0 Å². The predicted octanol–water partition coefficient (Wildman–Crippen LogP) is 2.44. The zero-order chi connectivity index (χ0) is 11.0. The van der Waals surface area contributed by atoms with E-state index in [-0.39, 0.29) is 0 Å². The Morgan fingerprint density at radius 1 is 1.19 bits per heavy atom. The van der Waals surface area contributed by atoms with Crippen molar-refractivity contribution < 1.29 is 0 Å². The third-order valence-corrected chi connectivity index (χ3v) is 2.51. The molecule has 3 aromatic rings. The second-order valence-electron chi connectivity index (χ2n) is 3.34. The summed E-state index contributed by atoms with van der Waals surface area (Å²) in [4.78, 5) is 12.3. The summed E-state index contributed by atoms with van der Waals surface area (Å²) in [5.74, 6) is 0. The molecule has 3 aromatic heterocycles. The molecule has 0 N–H and O–H groups in total. The third kappa shape index (κ3) is 1.53. The Balaban J connectivity index is 2.18. The van der Waals surface area contributed by atoms with Crippen LogP contribution in [0.3, 0.4) is 0 Å². The van der Waals surface area contributed by atoms with Crippen molar-refractivity contribution in [1.82, 2.24) is 19.4 Å². The molecule has 4 nitrogen and oxygen atoms in total. The molecule has 0 atom stereocenters. The predicted molar refractivity (Wildman–Crippen MR) is 61.2 cm³/mol. The van der Waals surface area contributed by atoms with Crippen LogP contribution < -0.4 is 0 Å². The first kappa shape index (κ1) is 9.30. The van der Waals surface area contributed by atoms with Crippen LogP contribution in [-0.4, -0.2) is 19.4 Å². The highest BCUT2D eigenvalue weighted by Gasteiger charge is 2.02. The van der Waals surface area contributed by atoms with E-state index in [9.17, 15) is 0 Å². The molecular formula is C11H7ClN4. The van der Waals surface area contributed by atoms with Gasteiger partial charge in [-0.1, -0.05) is 11.6 Å². The molecule has 0 fully saturated rings. The third-order valence-electron chi connectivity index (χ3n) is 2.30. The molecule has 0 saturated carbocycles. The zero-order valence-corrected chi connectivity index (χ0v) is 8.96. The van der Waals surface area contributed by atoms with E-state index in [0.717, 1.165) is 16.9 Å². The minimum Gasteiger partial charge on any atom is -0.308 e. The molecule has 0 amide bonds. The molecule has 0 aliphatic heterocycles. The SMILES string of the molecule is Clc1cc(-c2cnc3cccn3c2)ncn1. The van der Waals surface area contributed by atoms with Gasteiger partial charge in [-0.25, -0.2) is 15.0 Å². The highest BCUT2D eigenvalue weighted by Crippen LogP contribution is 2.18. The Morgan fingerprint density at radius 2 is 2.12 bits per heavy atom. The van der Waals surface area contributed by atoms with E-state index in [1.54, 1.807) is 12.3 Å². The van der Waals surface area contributed by atoms with Gasteiger partial charge in [-0.3, -0.25) is 0 Å². The normalized spacial score (nSPS) is 10.8. The monoisotopic (exact) mass is 230 g/mol. The number of aromatic nitrogens is 4. The van der Waals surface area contributed by atoms with E-state index in [0.29, 0.717) is 5.15 Å². The molecule has 0 aromatic carbocycles. The quantitative estimate of drug-likeness (QED) is 0.603. The summed E-state index contributed by atoms with van der Waals surface area (Å²) in [5, 5.41) is 0.428. The molecule has 0 aliphatic carbocycles. The van der Waals surface area contributed by atoms with Crippen LogP contribution in [0.2, 0.25) is 5.15 Å². The standard InChI is InChI=1S/C11H7ClN4/c12-10-4-9(14-7-15-10)8-5-13-11-2-1-3-16(11)6-8/h1-7H. The molecule has 0 bridgehead atoms. The first-order chi connectivity index (χ1) is 7.83. The van der Waals surface area contributed by atoms with E-state index in [1.807, 2.05) is 28.9 Å². The van der Waals surface area contributed by atoms with Crippen LogP contribution in [0.4, 0.5) is 0 Å². The van der Waals surface area contributed by atoms with Gasteiger partial charge in [0.15, 0.2) is 0 Å². The van der Waals surface area contributed by atoms with Gasteiger partial charge in [0.25, 0.3) is 0 Å². The minimum absolute atomic E-state index is 0.428. The topological polar surface area (TPSA) is 43.1 Å². The molecule has 0 unspecified atom stereocenters. The average Bonchev–Trinajstić information content (AvgIpc) is 2.75. The molecule has 16 heavy (non-hydrogen) atoms. The maximum absolute atomic E-state index is 5.81. The zero-order valence-electron chi connectivity index (χ0n) is 8.21. The van der Waals surface area contributed by atoms with Crippen molar-refractivity contribution in [2.45, 2.75) is 0 Å². The molecule has 3 heterocycles. The van der Waals surface area contributed by atoms with Crippen LogP contribution in [0.25, 0.3) is 16.9 Å². The van der Waals surface area contributed by atoms with Crippen LogP contribution in [-0.2, 0) is 0 Å². The van der Waals surface area contributed by atoms with Crippen molar-refractivity contribution in [2.75, 3.05) is 0 Å². The van der Waals surface area contributed by atoms with Crippen molar-refractivity contribution in [3.63, 3.8) is 0 Å². The maximum Gasteiger partial charge on any atom is 0.136 e. The van der Waals surface area contributed by atoms with E-state index in [2.05, 4.69) is 15.0 Å². The Kier molecular flexibility index (Phi) is 2.08. The Bertz CT molecular complexity index is 647. The van der Waals surface area contributed by atoms with Crippen molar-refractivity contribution >= 4 is 17.2 Å². The lowest BCUT2D eigenvalue weighted by molar-refractivity contribution is 1.11. The van der Waals surface area contributed by atoms with Gasteiger partial charge in [-0.05, 0) is 12.1 Å². The van der Waals surface area contributed by atoms with E-state index < -0.39 is 0 Å². The van der Waals surface area contributed by atoms with Crippen LogP contribution >= 0.6 is 11.6 Å². The summed E-state index contributed by atoms with van der Waals surface area (Å²) in [6.07, 6.45) is 7.11. The molecule has 78 valence electrons. The van der Waals surface area contributed by atoms with Gasteiger partial charge in [0.1, 0.15) is 17.1 Å². The van der Waals surface area contributed by atoms with Crippen molar-refractivity contribution in [3.05, 3.63) is 48.3 Å². The molecule has 0 aliphatic rings. The smallest absolute Gasteiger partial charge is 0.136 e. The Morgan fingerprint density at radius 3 is 3.00 bits per heavy atom. The van der Waals surface area contributed by atoms with E-state index >= 15 is 0 Å². The molecule has 0 radical (unpaired) electrons. The summed E-state index contributed by atoms with van der Waals surface area (Å²) in [6.45, 7) is 0. The Labute approximate surface area is 96.6 Å². The second-order valence-corrected chi connectivity index (χ2v) is 3.73. The van der Waals surface area contributed by atoms with E-state index in [4.69, 9.17) is 11.6 Å². The number of hydrogen-bond acceptors (Lipinski definition) is 3. The van der Waals surface area contributed by atoms with Gasteiger partial charge in [-0.2, -0.15) is 0 Å². The lowest BCUT2D eigenvalue weighted by Gasteiger charge is -2.01. The van der Waals surface area contributed by atoms with Crippen LogP contribution in [0.15, 0.2) is 43.1 Å². The lowest BCUT2D eigenvalue weighted by Crippen LogP contribution is -1.91. The summed E-state index contributed by atoms with van der Waals surface area (Å²) >= 11 is 5.81. The molecule has 0 spiro atoms. The fourth-order valence-corrected chi connectivity index (χ4v) is 1.69. The van der Waals surface area contributed by atoms with E-state index in [1.165, 1.54) is 6.33 Å². The number of hydrogen-bond donors (Lipinski definition) is 0. The van der Waals surface area contributed by atoms with Gasteiger partial charge in [0.2, 0.25) is 0 Å². The number of rotatable bonds is 1. The maximum atomic E-state index is 5.81. The fourth-order valence-electron chi connectivity index (χ4n) is 1.55. The van der Waals surface area contributed by atoms with Gasteiger partial charge < -0.3 is 4.40 Å². The number of nitrogens with zero attached hydrogens (tertiary/aromatic N) is 4. The largest absolute Gasteiger partial charge is 0.308 e. The number of halogens is 1. The lowest BCUT2D eigenvalue weighted by atomic mass is 10.2. The highest BCUT2D eigenvalue weighted by molar-refractivity contribution is 6.29. The molecule has 5 heteroatoms. The summed E-state index contributed by atoms with van der Waals surface area (Å²) < 4.78 is 1.94. The first-order valence-corrected chi connectivity index (χ1v) is 5.11. The average molecular weight is 231 g/mol. The van der Waals surface area contributed by atoms with Gasteiger partial charge >= 0.3 is 0 Å². The highest BCUT2D eigenvalue weighted by atomic mass is 35.5. The van der Waals surface area contributed by atoms with Crippen LogP contribution in [0.1, 0.15) is 0 Å². The van der Waals surface area contributed by atoms with Gasteiger partial charge in [0, 0.05) is 30.2 Å². The second kappa shape index (κ2) is 3.57. The summed E-state index contributed by atoms with van der Waals surface area (Å²) in [6, 6.07) is 5.60. The summed E-state index contributed by atoms with van der Waals surface area (Å²) in [5.41, 5.74) is 2.58. The minimum atomic E-state index is 0.428. The fraction of sp³-hybridized carbons (Fsp3) is 0. The molecule has 0 saturated heterocycles. The van der Waals surface area contributed by atoms with Gasteiger partial charge in [0.05, 0.1) is 5.69 Å². The van der Waals surface area contributed by atoms with Crippen molar-refractivity contribution in [3.8, 4) is 11.3 Å². The van der Waals surface area contributed by atoms with Crippen molar-refractivity contribution in [1.29, 1.82) is 0 Å². The summed E-state index contributed by atoms with van der Waals surface area (Å²) in [7, 11) is 0. The van der Waals surface area contributed by atoms with Crippen molar-refractivity contribution in [2.24, 2.45) is 0 Å². The number of fused-ring (bicyclic) bond motifs is 1. The molecular weight excluding hydrogens is 224 g/mol. The van der Waals surface area contributed by atoms with Gasteiger partial charge in [-0.15, -0.1) is 0 Å². The molecule has 3 rings (SSSR count). The Hall–Kier alpha value is -1.94.